The first-order chi connectivity index (χ1) is 10.0. The largest absolute Gasteiger partial charge is 0.491 e. The number of rotatable bonds is 6. The highest BCUT2D eigenvalue weighted by molar-refractivity contribution is 5.85. The lowest BCUT2D eigenvalue weighted by molar-refractivity contribution is 0.0690. The van der Waals surface area contributed by atoms with Crippen molar-refractivity contribution in [1.29, 1.82) is 0 Å². The molecule has 0 bridgehead atoms. The van der Waals surface area contributed by atoms with Crippen LogP contribution in [0.4, 0.5) is 5.82 Å². The fourth-order valence-corrected chi connectivity index (χ4v) is 1.80. The van der Waals surface area contributed by atoms with Crippen LogP contribution >= 0.6 is 0 Å². The molecule has 0 spiro atoms. The first-order valence-corrected chi connectivity index (χ1v) is 6.74. The Bertz CT molecular complexity index is 609. The molecule has 0 saturated heterocycles. The predicted molar refractivity (Wildman–Crippen MR) is 80.7 cm³/mol. The van der Waals surface area contributed by atoms with Crippen LogP contribution in [0.5, 0.6) is 5.75 Å². The number of anilines is 1. The number of nitrogens with zero attached hydrogens (tertiary/aromatic N) is 1. The summed E-state index contributed by atoms with van der Waals surface area (Å²) in [5, 5.41) is 12.0. The molecule has 2 N–H and O–H groups in total. The van der Waals surface area contributed by atoms with Gasteiger partial charge in [-0.2, -0.15) is 0 Å². The molecule has 2 rings (SSSR count). The molecule has 5 heteroatoms. The molecule has 21 heavy (non-hydrogen) atoms. The molecule has 0 radical (unpaired) electrons. The molecule has 110 valence electrons. The van der Waals surface area contributed by atoms with Crippen molar-refractivity contribution in [3.8, 4) is 5.75 Å². The number of aromatic carboxylic acids is 1. The standard InChI is InChI=1S/C16H18N2O3/c1-11(2)21-13-8-6-12(7-9-13)10-17-15-5-3-4-14(18-15)16(19)20/h3-9,11H,10H2,1-2H3,(H,17,18)(H,19,20). The first-order valence-electron chi connectivity index (χ1n) is 6.74. The molecule has 1 aromatic heterocycles. The Balaban J connectivity index is 1.96. The fraction of sp³-hybridized carbons (Fsp3) is 0.250. The second-order valence-electron chi connectivity index (χ2n) is 4.88. The van der Waals surface area contributed by atoms with Crippen LogP contribution in [-0.4, -0.2) is 22.2 Å². The zero-order chi connectivity index (χ0) is 15.2. The van der Waals surface area contributed by atoms with Gasteiger partial charge in [-0.3, -0.25) is 0 Å². The summed E-state index contributed by atoms with van der Waals surface area (Å²) >= 11 is 0. The van der Waals surface area contributed by atoms with E-state index in [1.165, 1.54) is 6.07 Å². The van der Waals surface area contributed by atoms with Gasteiger partial charge in [0.15, 0.2) is 5.69 Å². The quantitative estimate of drug-likeness (QED) is 0.853. The van der Waals surface area contributed by atoms with Crippen molar-refractivity contribution in [2.45, 2.75) is 26.5 Å². The van der Waals surface area contributed by atoms with Gasteiger partial charge in [-0.1, -0.05) is 18.2 Å². The highest BCUT2D eigenvalue weighted by Crippen LogP contribution is 2.15. The minimum Gasteiger partial charge on any atom is -0.491 e. The molecule has 0 aliphatic heterocycles. The summed E-state index contributed by atoms with van der Waals surface area (Å²) in [4.78, 5) is 14.9. The van der Waals surface area contributed by atoms with Crippen LogP contribution in [0.25, 0.3) is 0 Å². The van der Waals surface area contributed by atoms with Crippen LogP contribution in [0, 0.1) is 0 Å². The van der Waals surface area contributed by atoms with Gasteiger partial charge in [0.25, 0.3) is 0 Å². The minimum atomic E-state index is -1.03. The summed E-state index contributed by atoms with van der Waals surface area (Å²) in [6.45, 7) is 4.53. The highest BCUT2D eigenvalue weighted by Gasteiger charge is 2.05. The zero-order valence-corrected chi connectivity index (χ0v) is 12.0. The number of carboxylic acid groups (broad SMARTS) is 1. The maximum absolute atomic E-state index is 10.8. The van der Waals surface area contributed by atoms with Crippen molar-refractivity contribution < 1.29 is 14.6 Å². The first kappa shape index (κ1) is 14.8. The Kier molecular flexibility index (Phi) is 4.77. The third kappa shape index (κ3) is 4.49. The number of aromatic nitrogens is 1. The SMILES string of the molecule is CC(C)Oc1ccc(CNc2cccc(C(=O)O)n2)cc1. The molecule has 0 amide bonds. The molecule has 0 aliphatic rings. The summed E-state index contributed by atoms with van der Waals surface area (Å²) < 4.78 is 5.58. The van der Waals surface area contributed by atoms with E-state index in [0.29, 0.717) is 12.4 Å². The van der Waals surface area contributed by atoms with E-state index in [4.69, 9.17) is 9.84 Å². The van der Waals surface area contributed by atoms with Crippen molar-refractivity contribution in [1.82, 2.24) is 4.98 Å². The van der Waals surface area contributed by atoms with Gasteiger partial charge in [-0.15, -0.1) is 0 Å². The van der Waals surface area contributed by atoms with Crippen LogP contribution in [0.2, 0.25) is 0 Å². The van der Waals surface area contributed by atoms with Crippen LogP contribution in [-0.2, 0) is 6.54 Å². The normalized spacial score (nSPS) is 10.4. The lowest BCUT2D eigenvalue weighted by Crippen LogP contribution is -2.07. The van der Waals surface area contributed by atoms with E-state index < -0.39 is 5.97 Å². The van der Waals surface area contributed by atoms with Crippen molar-refractivity contribution >= 4 is 11.8 Å². The molecule has 0 aliphatic carbocycles. The highest BCUT2D eigenvalue weighted by atomic mass is 16.5. The van der Waals surface area contributed by atoms with Crippen molar-refractivity contribution in [3.63, 3.8) is 0 Å². The van der Waals surface area contributed by atoms with Gasteiger partial charge in [0.1, 0.15) is 11.6 Å². The molecule has 2 aromatic rings. The Morgan fingerprint density at radius 2 is 1.95 bits per heavy atom. The molecule has 0 saturated carbocycles. The number of hydrogen-bond acceptors (Lipinski definition) is 4. The number of carbonyl (C=O) groups is 1. The molecule has 0 fully saturated rings. The monoisotopic (exact) mass is 286 g/mol. The van der Waals surface area contributed by atoms with Gasteiger partial charge >= 0.3 is 5.97 Å². The summed E-state index contributed by atoms with van der Waals surface area (Å²) in [5.74, 6) is 0.339. The number of pyridine rings is 1. The van der Waals surface area contributed by atoms with E-state index >= 15 is 0 Å². The average molecular weight is 286 g/mol. The third-order valence-corrected chi connectivity index (χ3v) is 2.74. The zero-order valence-electron chi connectivity index (χ0n) is 12.0. The van der Waals surface area contributed by atoms with E-state index in [1.807, 2.05) is 38.1 Å². The van der Waals surface area contributed by atoms with E-state index in [9.17, 15) is 4.79 Å². The van der Waals surface area contributed by atoms with E-state index in [-0.39, 0.29) is 11.8 Å². The second-order valence-corrected chi connectivity index (χ2v) is 4.88. The summed E-state index contributed by atoms with van der Waals surface area (Å²) in [5.41, 5.74) is 1.09. The molecule has 1 aromatic carbocycles. The summed E-state index contributed by atoms with van der Waals surface area (Å²) in [6, 6.07) is 12.6. The summed E-state index contributed by atoms with van der Waals surface area (Å²) in [7, 11) is 0. The molecule has 5 nitrogen and oxygen atoms in total. The number of hydrogen-bond donors (Lipinski definition) is 2. The van der Waals surface area contributed by atoms with Crippen molar-refractivity contribution in [3.05, 3.63) is 53.7 Å². The Labute approximate surface area is 123 Å². The van der Waals surface area contributed by atoms with Crippen LogP contribution in [0.1, 0.15) is 29.9 Å². The van der Waals surface area contributed by atoms with Gasteiger partial charge in [0.2, 0.25) is 0 Å². The average Bonchev–Trinajstić information content (AvgIpc) is 2.46. The van der Waals surface area contributed by atoms with Crippen LogP contribution in [0.15, 0.2) is 42.5 Å². The third-order valence-electron chi connectivity index (χ3n) is 2.74. The molecule has 1 heterocycles. The lowest BCUT2D eigenvalue weighted by Gasteiger charge is -2.10. The minimum absolute atomic E-state index is 0.0284. The smallest absolute Gasteiger partial charge is 0.354 e. The molecular weight excluding hydrogens is 268 g/mol. The van der Waals surface area contributed by atoms with Crippen molar-refractivity contribution in [2.75, 3.05) is 5.32 Å². The van der Waals surface area contributed by atoms with Gasteiger partial charge in [-0.05, 0) is 43.7 Å². The van der Waals surface area contributed by atoms with Crippen LogP contribution < -0.4 is 10.1 Å². The van der Waals surface area contributed by atoms with Crippen molar-refractivity contribution in [2.24, 2.45) is 0 Å². The fourth-order valence-electron chi connectivity index (χ4n) is 1.80. The Morgan fingerprint density at radius 1 is 1.24 bits per heavy atom. The Morgan fingerprint density at radius 3 is 2.57 bits per heavy atom. The van der Waals surface area contributed by atoms with Gasteiger partial charge in [-0.25, -0.2) is 9.78 Å². The lowest BCUT2D eigenvalue weighted by atomic mass is 10.2. The predicted octanol–water partition coefficient (Wildman–Crippen LogP) is 3.18. The van der Waals surface area contributed by atoms with E-state index in [0.717, 1.165) is 11.3 Å². The molecule has 0 atom stereocenters. The van der Waals surface area contributed by atoms with E-state index in [2.05, 4.69) is 10.3 Å². The Hall–Kier alpha value is -2.56. The number of carboxylic acids is 1. The second kappa shape index (κ2) is 6.74. The maximum Gasteiger partial charge on any atom is 0.354 e. The molecule has 0 unspecified atom stereocenters. The van der Waals surface area contributed by atoms with Gasteiger partial charge in [0.05, 0.1) is 6.10 Å². The summed E-state index contributed by atoms with van der Waals surface area (Å²) in [6.07, 6.45) is 0.150. The van der Waals surface area contributed by atoms with E-state index in [1.54, 1.807) is 12.1 Å². The maximum atomic E-state index is 10.8. The van der Waals surface area contributed by atoms with Crippen LogP contribution in [0.3, 0.4) is 0 Å². The number of benzene rings is 1. The van der Waals surface area contributed by atoms with Gasteiger partial charge < -0.3 is 15.2 Å². The topological polar surface area (TPSA) is 71.5 Å². The molecular formula is C16H18N2O3. The van der Waals surface area contributed by atoms with Gasteiger partial charge in [0, 0.05) is 6.54 Å². The number of nitrogens with one attached hydrogen (secondary N) is 1. The number of ether oxygens (including phenoxy) is 1.